The fourth-order valence-corrected chi connectivity index (χ4v) is 1.79. The van der Waals surface area contributed by atoms with Gasteiger partial charge in [-0.3, -0.25) is 0 Å². The molecule has 1 atom stereocenters. The van der Waals surface area contributed by atoms with Crippen LogP contribution in [0.25, 0.3) is 0 Å². The average molecular weight is 188 g/mol. The number of nitrogens with zero attached hydrogens (tertiary/aromatic N) is 3. The van der Waals surface area contributed by atoms with Crippen LogP contribution in [0.15, 0.2) is 0 Å². The monoisotopic (exact) mass is 188 g/mol. The summed E-state index contributed by atoms with van der Waals surface area (Å²) in [6.45, 7) is 4.99. The highest BCUT2D eigenvalue weighted by atomic mass is 16.5. The van der Waals surface area contributed by atoms with E-state index in [9.17, 15) is 5.21 Å². The molecule has 1 saturated heterocycles. The van der Waals surface area contributed by atoms with Crippen LogP contribution in [-0.2, 0) is 0 Å². The molecule has 0 aromatic heterocycles. The summed E-state index contributed by atoms with van der Waals surface area (Å²) in [5.41, 5.74) is 0. The van der Waals surface area contributed by atoms with E-state index in [0.29, 0.717) is 0 Å². The molecular formula is C9H22N3O+. The first kappa shape index (κ1) is 10.9. The molecule has 1 aliphatic heterocycles. The maximum absolute atomic E-state index is 9.41. The van der Waals surface area contributed by atoms with Gasteiger partial charge in [0.15, 0.2) is 6.67 Å². The van der Waals surface area contributed by atoms with Crippen molar-refractivity contribution in [1.82, 2.24) is 9.96 Å². The molecule has 0 aromatic rings. The summed E-state index contributed by atoms with van der Waals surface area (Å²) >= 11 is 0. The first-order chi connectivity index (χ1) is 6.02. The van der Waals surface area contributed by atoms with E-state index in [1.54, 1.807) is 0 Å². The molecule has 0 saturated carbocycles. The molecule has 1 unspecified atom stereocenters. The topological polar surface area (TPSA) is 26.7 Å². The molecular weight excluding hydrogens is 166 g/mol. The summed E-state index contributed by atoms with van der Waals surface area (Å²) in [4.78, 5) is 2.19. The fraction of sp³-hybridized carbons (Fsp3) is 1.00. The number of quaternary nitrogens is 1. The number of likely N-dealkylation sites (N-methyl/N-ethyl adjacent to an activating group) is 2. The van der Waals surface area contributed by atoms with Crippen molar-refractivity contribution >= 4 is 0 Å². The van der Waals surface area contributed by atoms with Crippen LogP contribution in [0.3, 0.4) is 0 Å². The van der Waals surface area contributed by atoms with Crippen LogP contribution >= 0.6 is 0 Å². The molecule has 0 aromatic carbocycles. The predicted molar refractivity (Wildman–Crippen MR) is 52.4 cm³/mol. The van der Waals surface area contributed by atoms with Crippen LogP contribution in [0, 0.1) is 0 Å². The lowest BCUT2D eigenvalue weighted by Crippen LogP contribution is -2.57. The summed E-state index contributed by atoms with van der Waals surface area (Å²) in [5, 5.41) is 10.9. The highest BCUT2D eigenvalue weighted by Gasteiger charge is 2.28. The maximum Gasteiger partial charge on any atom is 0.157 e. The summed E-state index contributed by atoms with van der Waals surface area (Å²) in [6, 6.07) is 0. The Morgan fingerprint density at radius 2 is 2.15 bits per heavy atom. The molecule has 4 heteroatoms. The van der Waals surface area contributed by atoms with E-state index in [1.807, 2.05) is 0 Å². The molecule has 13 heavy (non-hydrogen) atoms. The lowest BCUT2D eigenvalue weighted by atomic mass is 10.2. The highest BCUT2D eigenvalue weighted by Crippen LogP contribution is 2.11. The van der Waals surface area contributed by atoms with Gasteiger partial charge in [0, 0.05) is 19.5 Å². The number of hydroxylamine groups is 2. The van der Waals surface area contributed by atoms with Gasteiger partial charge in [0.05, 0.1) is 20.1 Å². The van der Waals surface area contributed by atoms with E-state index in [4.69, 9.17) is 0 Å². The lowest BCUT2D eigenvalue weighted by Gasteiger charge is -2.41. The molecule has 0 bridgehead atoms. The minimum Gasteiger partial charge on any atom is -0.311 e. The van der Waals surface area contributed by atoms with Crippen molar-refractivity contribution in [1.29, 1.82) is 0 Å². The molecule has 4 nitrogen and oxygen atoms in total. The van der Waals surface area contributed by atoms with Gasteiger partial charge in [-0.2, -0.15) is 0 Å². The zero-order valence-electron chi connectivity index (χ0n) is 9.03. The van der Waals surface area contributed by atoms with E-state index in [1.165, 1.54) is 11.6 Å². The van der Waals surface area contributed by atoms with Crippen molar-refractivity contribution in [3.8, 4) is 0 Å². The molecule has 1 aliphatic rings. The molecule has 1 rings (SSSR count). The van der Waals surface area contributed by atoms with Crippen LogP contribution in [0.1, 0.15) is 6.42 Å². The Bertz CT molecular complexity index is 163. The van der Waals surface area contributed by atoms with Gasteiger partial charge in [0.1, 0.15) is 0 Å². The zero-order chi connectivity index (χ0) is 9.90. The van der Waals surface area contributed by atoms with E-state index in [0.717, 1.165) is 37.2 Å². The van der Waals surface area contributed by atoms with Crippen LogP contribution in [0.4, 0.5) is 0 Å². The molecule has 1 heterocycles. The van der Waals surface area contributed by atoms with Crippen molar-refractivity contribution < 1.29 is 9.69 Å². The normalized spacial score (nSPS) is 31.2. The number of hydrogen-bond acceptors (Lipinski definition) is 3. The Morgan fingerprint density at radius 3 is 2.69 bits per heavy atom. The minimum atomic E-state index is 0.772. The van der Waals surface area contributed by atoms with Crippen molar-refractivity contribution in [2.45, 2.75) is 6.42 Å². The van der Waals surface area contributed by atoms with E-state index in [-0.39, 0.29) is 0 Å². The second kappa shape index (κ2) is 4.37. The summed E-state index contributed by atoms with van der Waals surface area (Å²) in [7, 11) is 6.39. The Labute approximate surface area is 80.9 Å². The van der Waals surface area contributed by atoms with Gasteiger partial charge < -0.3 is 14.6 Å². The van der Waals surface area contributed by atoms with Crippen molar-refractivity contribution in [2.24, 2.45) is 0 Å². The molecule has 1 fully saturated rings. The summed E-state index contributed by atoms with van der Waals surface area (Å²) in [5.74, 6) is 0. The van der Waals surface area contributed by atoms with Gasteiger partial charge in [-0.25, -0.2) is 0 Å². The Kier molecular flexibility index (Phi) is 3.67. The molecule has 78 valence electrons. The quantitative estimate of drug-likeness (QED) is 0.634. The largest absolute Gasteiger partial charge is 0.311 e. The van der Waals surface area contributed by atoms with E-state index < -0.39 is 0 Å². The third-order valence-electron chi connectivity index (χ3n) is 2.71. The SMILES string of the molecule is CN(C)CC[N+]1(C)CCCN(O)C1. The van der Waals surface area contributed by atoms with Crippen LogP contribution < -0.4 is 0 Å². The number of rotatable bonds is 3. The van der Waals surface area contributed by atoms with Gasteiger partial charge in [-0.15, -0.1) is 5.06 Å². The van der Waals surface area contributed by atoms with Gasteiger partial charge in [-0.05, 0) is 14.1 Å². The molecule has 0 amide bonds. The predicted octanol–water partition coefficient (Wildman–Crippen LogP) is 0.0470. The number of hydrogen-bond donors (Lipinski definition) is 1. The summed E-state index contributed by atoms with van der Waals surface area (Å²) < 4.78 is 0.967. The van der Waals surface area contributed by atoms with Crippen molar-refractivity contribution in [3.63, 3.8) is 0 Å². The zero-order valence-corrected chi connectivity index (χ0v) is 9.03. The fourth-order valence-electron chi connectivity index (χ4n) is 1.79. The van der Waals surface area contributed by atoms with Crippen LogP contribution in [0.2, 0.25) is 0 Å². The third-order valence-corrected chi connectivity index (χ3v) is 2.71. The van der Waals surface area contributed by atoms with Gasteiger partial charge >= 0.3 is 0 Å². The van der Waals surface area contributed by atoms with E-state index >= 15 is 0 Å². The van der Waals surface area contributed by atoms with E-state index in [2.05, 4.69) is 26.0 Å². The van der Waals surface area contributed by atoms with Gasteiger partial charge in [0.2, 0.25) is 0 Å². The first-order valence-electron chi connectivity index (χ1n) is 4.94. The van der Waals surface area contributed by atoms with Gasteiger partial charge in [-0.1, -0.05) is 0 Å². The Morgan fingerprint density at radius 1 is 1.46 bits per heavy atom. The van der Waals surface area contributed by atoms with Crippen LogP contribution in [-0.4, -0.2) is 73.6 Å². The Hall–Kier alpha value is -0.160. The summed E-state index contributed by atoms with van der Waals surface area (Å²) in [6.07, 6.45) is 1.10. The minimum absolute atomic E-state index is 0.772. The molecule has 0 radical (unpaired) electrons. The van der Waals surface area contributed by atoms with Gasteiger partial charge in [0.25, 0.3) is 0 Å². The smallest absolute Gasteiger partial charge is 0.157 e. The third kappa shape index (κ3) is 3.60. The van der Waals surface area contributed by atoms with Crippen molar-refractivity contribution in [2.75, 3.05) is 54.0 Å². The first-order valence-corrected chi connectivity index (χ1v) is 4.94. The maximum atomic E-state index is 9.41. The van der Waals surface area contributed by atoms with Crippen molar-refractivity contribution in [3.05, 3.63) is 0 Å². The molecule has 1 N–H and O–H groups in total. The standard InChI is InChI=1S/C9H22N3O/c1-10(2)6-8-12(3)7-4-5-11(13)9-12/h13H,4-9H2,1-3H3/q+1. The molecule has 0 spiro atoms. The second-order valence-corrected chi connectivity index (χ2v) is 4.60. The Balaban J connectivity index is 2.35. The van der Waals surface area contributed by atoms with Crippen LogP contribution in [0.5, 0.6) is 0 Å². The highest BCUT2D eigenvalue weighted by molar-refractivity contribution is 4.52. The average Bonchev–Trinajstić information content (AvgIpc) is 2.01. The molecule has 0 aliphatic carbocycles. The lowest BCUT2D eigenvalue weighted by molar-refractivity contribution is -0.929. The second-order valence-electron chi connectivity index (χ2n) is 4.60.